The van der Waals surface area contributed by atoms with Crippen LogP contribution in [-0.2, 0) is 4.79 Å². The summed E-state index contributed by atoms with van der Waals surface area (Å²) in [6.07, 6.45) is 11.3. The van der Waals surface area contributed by atoms with Crippen molar-refractivity contribution >= 4 is 17.6 Å². The SMILES string of the molecule is O=C(O)CC1=c2[nH]cc/c2=C/C=C\C=C1. The third kappa shape index (κ3) is 2.07. The molecule has 0 unspecified atom stereocenters. The Kier molecular flexibility index (Phi) is 2.54. The Hall–Kier alpha value is -2.03. The van der Waals surface area contributed by atoms with Gasteiger partial charge >= 0.3 is 5.97 Å². The highest BCUT2D eigenvalue weighted by molar-refractivity contribution is 5.81. The lowest BCUT2D eigenvalue weighted by Gasteiger charge is -1.97. The summed E-state index contributed by atoms with van der Waals surface area (Å²) in [5.41, 5.74) is 0.795. The molecule has 1 aliphatic carbocycles. The molecule has 0 aliphatic heterocycles. The van der Waals surface area contributed by atoms with Gasteiger partial charge in [-0.15, -0.1) is 0 Å². The summed E-state index contributed by atoms with van der Waals surface area (Å²) in [6, 6.07) is 1.93. The number of H-pyrrole nitrogens is 1. The number of carboxylic acids is 1. The Balaban J connectivity index is 2.66. The Labute approximate surface area is 86.8 Å². The summed E-state index contributed by atoms with van der Waals surface area (Å²) >= 11 is 0. The van der Waals surface area contributed by atoms with Crippen LogP contribution in [-0.4, -0.2) is 16.1 Å². The van der Waals surface area contributed by atoms with Crippen molar-refractivity contribution in [3.8, 4) is 0 Å². The summed E-state index contributed by atoms with van der Waals surface area (Å²) in [5, 5.41) is 10.7. The summed E-state index contributed by atoms with van der Waals surface area (Å²) < 4.78 is 0. The van der Waals surface area contributed by atoms with E-state index in [4.69, 9.17) is 5.11 Å². The lowest BCUT2D eigenvalue weighted by atomic mass is 10.1. The minimum absolute atomic E-state index is 0.0334. The van der Waals surface area contributed by atoms with Crippen LogP contribution in [0.4, 0.5) is 0 Å². The molecule has 15 heavy (non-hydrogen) atoms. The highest BCUT2D eigenvalue weighted by Crippen LogP contribution is 2.02. The van der Waals surface area contributed by atoms with Gasteiger partial charge in [-0.05, 0) is 16.9 Å². The standard InChI is InChI=1S/C12H11NO2/c14-11(15)8-10-5-3-1-2-4-9-6-7-13-12(9)10/h1-7,13H,8H2,(H,14,15)/b2-1-,3-1?,4-2?,5-3?,9-4-,10-5?,12-10?. The summed E-state index contributed by atoms with van der Waals surface area (Å²) in [6.45, 7) is 0. The molecule has 1 aromatic rings. The number of nitrogens with one attached hydrogen (secondary N) is 1. The molecule has 2 N–H and O–H groups in total. The molecule has 76 valence electrons. The molecule has 2 rings (SSSR count). The number of aromatic amines is 1. The van der Waals surface area contributed by atoms with Crippen molar-refractivity contribution < 1.29 is 9.90 Å². The van der Waals surface area contributed by atoms with Crippen LogP contribution < -0.4 is 10.6 Å². The van der Waals surface area contributed by atoms with Crippen molar-refractivity contribution in [2.75, 3.05) is 0 Å². The van der Waals surface area contributed by atoms with Gasteiger partial charge in [0.2, 0.25) is 0 Å². The van der Waals surface area contributed by atoms with E-state index in [0.29, 0.717) is 0 Å². The van der Waals surface area contributed by atoms with Gasteiger partial charge < -0.3 is 10.1 Å². The number of hydrogen-bond acceptors (Lipinski definition) is 1. The van der Waals surface area contributed by atoms with Gasteiger partial charge in [-0.1, -0.05) is 30.4 Å². The zero-order valence-electron chi connectivity index (χ0n) is 8.10. The molecule has 0 aromatic carbocycles. The monoisotopic (exact) mass is 201 g/mol. The van der Waals surface area contributed by atoms with Crippen LogP contribution in [0.2, 0.25) is 0 Å². The maximum atomic E-state index is 10.7. The Morgan fingerprint density at radius 1 is 1.33 bits per heavy atom. The molecule has 0 bridgehead atoms. The molecule has 0 atom stereocenters. The first-order valence-electron chi connectivity index (χ1n) is 4.71. The predicted molar refractivity (Wildman–Crippen MR) is 58.4 cm³/mol. The molecule has 0 radical (unpaired) electrons. The van der Waals surface area contributed by atoms with Crippen molar-refractivity contribution in [1.29, 1.82) is 0 Å². The number of aliphatic carboxylic acids is 1. The first-order chi connectivity index (χ1) is 7.27. The van der Waals surface area contributed by atoms with E-state index in [1.165, 1.54) is 0 Å². The van der Waals surface area contributed by atoms with Crippen molar-refractivity contribution in [3.63, 3.8) is 0 Å². The fourth-order valence-corrected chi connectivity index (χ4v) is 1.59. The summed E-state index contributed by atoms with van der Waals surface area (Å²) in [5.74, 6) is -0.820. The first-order valence-corrected chi connectivity index (χ1v) is 4.71. The second-order valence-electron chi connectivity index (χ2n) is 3.31. The number of hydrogen-bond donors (Lipinski definition) is 2. The average molecular weight is 201 g/mol. The summed E-state index contributed by atoms with van der Waals surface area (Å²) in [4.78, 5) is 13.8. The number of rotatable bonds is 2. The molecule has 1 aliphatic rings. The third-order valence-electron chi connectivity index (χ3n) is 2.24. The average Bonchev–Trinajstić information content (AvgIpc) is 2.59. The quantitative estimate of drug-likeness (QED) is 0.734. The van der Waals surface area contributed by atoms with E-state index < -0.39 is 5.97 Å². The third-order valence-corrected chi connectivity index (χ3v) is 2.24. The number of aromatic nitrogens is 1. The molecule has 0 amide bonds. The Morgan fingerprint density at radius 2 is 2.20 bits per heavy atom. The van der Waals surface area contributed by atoms with Crippen molar-refractivity contribution in [2.45, 2.75) is 6.42 Å². The van der Waals surface area contributed by atoms with Gasteiger partial charge in [0.1, 0.15) is 0 Å². The Bertz CT molecular complexity index is 546. The predicted octanol–water partition coefficient (Wildman–Crippen LogP) is 0.547. The molecule has 0 saturated carbocycles. The Morgan fingerprint density at radius 3 is 3.00 bits per heavy atom. The van der Waals surface area contributed by atoms with Gasteiger partial charge in [0.25, 0.3) is 0 Å². The van der Waals surface area contributed by atoms with E-state index in [-0.39, 0.29) is 6.42 Å². The number of fused-ring (bicyclic) bond motifs is 1. The maximum absolute atomic E-state index is 10.7. The molecule has 0 saturated heterocycles. The second kappa shape index (κ2) is 4.00. The molecule has 0 fully saturated rings. The largest absolute Gasteiger partial charge is 0.481 e. The minimum atomic E-state index is -0.820. The van der Waals surface area contributed by atoms with Gasteiger partial charge in [-0.3, -0.25) is 4.79 Å². The van der Waals surface area contributed by atoms with E-state index in [1.54, 1.807) is 0 Å². The van der Waals surface area contributed by atoms with Crippen LogP contribution in [0.15, 0.2) is 36.6 Å². The normalized spacial score (nSPS) is 18.4. The molecule has 1 heterocycles. The molecule has 3 heteroatoms. The van der Waals surface area contributed by atoms with Crippen molar-refractivity contribution in [2.24, 2.45) is 0 Å². The van der Waals surface area contributed by atoms with Crippen LogP contribution in [0.5, 0.6) is 0 Å². The van der Waals surface area contributed by atoms with Gasteiger partial charge in [0.05, 0.1) is 6.42 Å². The second-order valence-corrected chi connectivity index (χ2v) is 3.31. The number of allylic oxidation sites excluding steroid dienone is 4. The van der Waals surface area contributed by atoms with Gasteiger partial charge in [0, 0.05) is 11.5 Å². The first kappa shape index (κ1) is 9.52. The van der Waals surface area contributed by atoms with Gasteiger partial charge in [0.15, 0.2) is 0 Å². The van der Waals surface area contributed by atoms with Crippen LogP contribution >= 0.6 is 0 Å². The molecular weight excluding hydrogens is 190 g/mol. The summed E-state index contributed by atoms with van der Waals surface area (Å²) in [7, 11) is 0. The zero-order valence-corrected chi connectivity index (χ0v) is 8.10. The minimum Gasteiger partial charge on any atom is -0.481 e. The highest BCUT2D eigenvalue weighted by atomic mass is 16.4. The topological polar surface area (TPSA) is 53.1 Å². The fourth-order valence-electron chi connectivity index (χ4n) is 1.59. The van der Waals surface area contributed by atoms with E-state index >= 15 is 0 Å². The molecule has 3 nitrogen and oxygen atoms in total. The molecule has 1 aromatic heterocycles. The fraction of sp³-hybridized carbons (Fsp3) is 0.0833. The van der Waals surface area contributed by atoms with E-state index in [9.17, 15) is 4.79 Å². The van der Waals surface area contributed by atoms with E-state index in [2.05, 4.69) is 4.98 Å². The maximum Gasteiger partial charge on any atom is 0.307 e. The van der Waals surface area contributed by atoms with E-state index in [1.807, 2.05) is 42.6 Å². The van der Waals surface area contributed by atoms with Crippen LogP contribution in [0.25, 0.3) is 11.6 Å². The lowest BCUT2D eigenvalue weighted by Crippen LogP contribution is -2.25. The number of carbonyl (C=O) groups is 1. The lowest BCUT2D eigenvalue weighted by molar-refractivity contribution is -0.135. The van der Waals surface area contributed by atoms with Crippen molar-refractivity contribution in [1.82, 2.24) is 4.98 Å². The highest BCUT2D eigenvalue weighted by Gasteiger charge is 2.03. The van der Waals surface area contributed by atoms with Gasteiger partial charge in [-0.25, -0.2) is 0 Å². The van der Waals surface area contributed by atoms with Crippen LogP contribution in [0.3, 0.4) is 0 Å². The zero-order chi connectivity index (χ0) is 10.7. The van der Waals surface area contributed by atoms with Gasteiger partial charge in [-0.2, -0.15) is 0 Å². The van der Waals surface area contributed by atoms with Crippen LogP contribution in [0.1, 0.15) is 6.42 Å². The number of carboxylic acid groups (broad SMARTS) is 1. The van der Waals surface area contributed by atoms with Crippen LogP contribution in [0, 0.1) is 0 Å². The smallest absolute Gasteiger partial charge is 0.307 e. The molecule has 0 spiro atoms. The van der Waals surface area contributed by atoms with E-state index in [0.717, 1.165) is 16.1 Å². The molecular formula is C12H11NO2. The van der Waals surface area contributed by atoms with Crippen molar-refractivity contribution in [3.05, 3.63) is 47.1 Å².